The summed E-state index contributed by atoms with van der Waals surface area (Å²) in [7, 11) is 0. The van der Waals surface area contributed by atoms with Crippen molar-refractivity contribution in [2.24, 2.45) is 5.73 Å². The molecule has 0 saturated heterocycles. The van der Waals surface area contributed by atoms with Crippen LogP contribution < -0.4 is 5.73 Å². The average molecular weight is 271 g/mol. The molecular weight excluding hydrogens is 259 g/mol. The van der Waals surface area contributed by atoms with Crippen molar-refractivity contribution in [2.45, 2.75) is 19.9 Å². The van der Waals surface area contributed by atoms with Crippen molar-refractivity contribution in [1.29, 1.82) is 0 Å². The standard InChI is InChI=1S/C13H12F3NS/c1-6-3-7(2)18-13(6)12(17)11-9(15)4-8(14)5-10(11)16/h3-5,12H,17H2,1-2H3. The van der Waals surface area contributed by atoms with Gasteiger partial charge in [-0.05, 0) is 25.5 Å². The molecule has 2 N–H and O–H groups in total. The molecule has 1 heterocycles. The minimum absolute atomic E-state index is 0.290. The summed E-state index contributed by atoms with van der Waals surface area (Å²) in [6.45, 7) is 3.73. The maximum Gasteiger partial charge on any atom is 0.134 e. The Labute approximate surface area is 107 Å². The Balaban J connectivity index is 2.52. The summed E-state index contributed by atoms with van der Waals surface area (Å²) < 4.78 is 40.1. The molecule has 0 aliphatic heterocycles. The van der Waals surface area contributed by atoms with Crippen LogP contribution in [0, 0.1) is 31.3 Å². The number of thiophene rings is 1. The van der Waals surface area contributed by atoms with Gasteiger partial charge in [-0.25, -0.2) is 13.2 Å². The molecule has 0 aliphatic carbocycles. The molecule has 5 heteroatoms. The van der Waals surface area contributed by atoms with Gasteiger partial charge in [0.05, 0.1) is 6.04 Å². The van der Waals surface area contributed by atoms with Crippen LogP contribution >= 0.6 is 11.3 Å². The monoisotopic (exact) mass is 271 g/mol. The van der Waals surface area contributed by atoms with Gasteiger partial charge < -0.3 is 5.73 Å². The van der Waals surface area contributed by atoms with E-state index in [2.05, 4.69) is 0 Å². The van der Waals surface area contributed by atoms with Gasteiger partial charge in [0.15, 0.2) is 0 Å². The molecule has 0 fully saturated rings. The van der Waals surface area contributed by atoms with E-state index < -0.39 is 23.5 Å². The van der Waals surface area contributed by atoms with Gasteiger partial charge >= 0.3 is 0 Å². The van der Waals surface area contributed by atoms with Gasteiger partial charge in [-0.15, -0.1) is 11.3 Å². The zero-order chi connectivity index (χ0) is 13.4. The van der Waals surface area contributed by atoms with E-state index in [0.717, 1.165) is 10.4 Å². The highest BCUT2D eigenvalue weighted by Gasteiger charge is 2.22. The Hall–Kier alpha value is -1.33. The highest BCUT2D eigenvalue weighted by molar-refractivity contribution is 7.12. The van der Waals surface area contributed by atoms with E-state index >= 15 is 0 Å². The largest absolute Gasteiger partial charge is 0.319 e. The van der Waals surface area contributed by atoms with Crippen molar-refractivity contribution < 1.29 is 13.2 Å². The summed E-state index contributed by atoms with van der Waals surface area (Å²) in [6.07, 6.45) is 0. The first-order valence-corrected chi connectivity index (χ1v) is 6.18. The van der Waals surface area contributed by atoms with Crippen molar-refractivity contribution in [3.05, 3.63) is 56.5 Å². The summed E-state index contributed by atoms with van der Waals surface area (Å²) in [5, 5.41) is 0. The first-order chi connectivity index (χ1) is 8.40. The Morgan fingerprint density at radius 3 is 2.06 bits per heavy atom. The molecule has 0 amide bonds. The van der Waals surface area contributed by atoms with Crippen molar-refractivity contribution in [3.8, 4) is 0 Å². The van der Waals surface area contributed by atoms with E-state index in [4.69, 9.17) is 5.73 Å². The molecule has 0 aliphatic rings. The maximum atomic E-state index is 13.6. The highest BCUT2D eigenvalue weighted by atomic mass is 32.1. The first-order valence-electron chi connectivity index (χ1n) is 5.37. The zero-order valence-electron chi connectivity index (χ0n) is 9.93. The summed E-state index contributed by atoms with van der Waals surface area (Å²) in [6, 6.07) is 2.28. The van der Waals surface area contributed by atoms with Crippen LogP contribution in [0.3, 0.4) is 0 Å². The Kier molecular flexibility index (Phi) is 3.45. The molecule has 96 valence electrons. The van der Waals surface area contributed by atoms with E-state index in [0.29, 0.717) is 17.0 Å². The zero-order valence-corrected chi connectivity index (χ0v) is 10.7. The Morgan fingerprint density at radius 1 is 1.06 bits per heavy atom. The Bertz CT molecular complexity index is 569. The van der Waals surface area contributed by atoms with Gasteiger partial charge in [-0.1, -0.05) is 0 Å². The predicted molar refractivity (Wildman–Crippen MR) is 66.1 cm³/mol. The lowest BCUT2D eigenvalue weighted by Gasteiger charge is -2.13. The van der Waals surface area contributed by atoms with E-state index in [9.17, 15) is 13.2 Å². The molecule has 18 heavy (non-hydrogen) atoms. The average Bonchev–Trinajstić information content (AvgIpc) is 2.56. The third-order valence-electron chi connectivity index (χ3n) is 2.72. The van der Waals surface area contributed by atoms with E-state index in [1.54, 1.807) is 0 Å². The summed E-state index contributed by atoms with van der Waals surface area (Å²) >= 11 is 1.39. The summed E-state index contributed by atoms with van der Waals surface area (Å²) in [5.74, 6) is -2.85. The van der Waals surface area contributed by atoms with Crippen LogP contribution in [0.4, 0.5) is 13.2 Å². The normalized spacial score (nSPS) is 12.8. The first kappa shape index (κ1) is 13.1. The second-order valence-corrected chi connectivity index (χ2v) is 5.45. The minimum Gasteiger partial charge on any atom is -0.319 e. The topological polar surface area (TPSA) is 26.0 Å². The van der Waals surface area contributed by atoms with Crippen LogP contribution in [-0.4, -0.2) is 0 Å². The van der Waals surface area contributed by atoms with Crippen LogP contribution in [-0.2, 0) is 0 Å². The summed E-state index contributed by atoms with van der Waals surface area (Å²) in [4.78, 5) is 1.71. The maximum absolute atomic E-state index is 13.6. The molecule has 1 unspecified atom stereocenters. The molecule has 2 rings (SSSR count). The van der Waals surface area contributed by atoms with E-state index in [1.165, 1.54) is 11.3 Å². The molecule has 1 nitrogen and oxygen atoms in total. The SMILES string of the molecule is Cc1cc(C)c(C(N)c2c(F)cc(F)cc2F)s1. The van der Waals surface area contributed by atoms with E-state index in [1.807, 2.05) is 19.9 Å². The lowest BCUT2D eigenvalue weighted by Crippen LogP contribution is -2.15. The number of hydrogen-bond acceptors (Lipinski definition) is 2. The molecule has 1 atom stereocenters. The molecule has 0 radical (unpaired) electrons. The molecular formula is C13H12F3NS. The van der Waals surface area contributed by atoms with Crippen molar-refractivity contribution in [1.82, 2.24) is 0 Å². The van der Waals surface area contributed by atoms with Gasteiger partial charge in [0, 0.05) is 27.5 Å². The van der Waals surface area contributed by atoms with Gasteiger partial charge in [0.2, 0.25) is 0 Å². The van der Waals surface area contributed by atoms with Gasteiger partial charge in [-0.2, -0.15) is 0 Å². The lowest BCUT2D eigenvalue weighted by molar-refractivity contribution is 0.516. The number of hydrogen-bond donors (Lipinski definition) is 1. The van der Waals surface area contributed by atoms with Crippen LogP contribution in [0.5, 0.6) is 0 Å². The predicted octanol–water partition coefficient (Wildman–Crippen LogP) is 3.83. The van der Waals surface area contributed by atoms with Gasteiger partial charge in [0.25, 0.3) is 0 Å². The second-order valence-electron chi connectivity index (χ2n) is 4.17. The molecule has 1 aromatic heterocycles. The highest BCUT2D eigenvalue weighted by Crippen LogP contribution is 2.32. The third kappa shape index (κ3) is 2.28. The lowest BCUT2D eigenvalue weighted by atomic mass is 10.0. The molecule has 0 bridgehead atoms. The van der Waals surface area contributed by atoms with Crippen LogP contribution in [0.15, 0.2) is 18.2 Å². The fourth-order valence-electron chi connectivity index (χ4n) is 1.95. The number of halogens is 3. The number of rotatable bonds is 2. The smallest absolute Gasteiger partial charge is 0.134 e. The quantitative estimate of drug-likeness (QED) is 0.882. The fourth-order valence-corrected chi connectivity index (χ4v) is 3.00. The molecule has 2 aromatic rings. The van der Waals surface area contributed by atoms with Crippen LogP contribution in [0.2, 0.25) is 0 Å². The molecule has 0 spiro atoms. The minimum atomic E-state index is -0.953. The van der Waals surface area contributed by atoms with Crippen molar-refractivity contribution >= 4 is 11.3 Å². The Morgan fingerprint density at radius 2 is 1.61 bits per heavy atom. The van der Waals surface area contributed by atoms with E-state index in [-0.39, 0.29) is 5.56 Å². The van der Waals surface area contributed by atoms with Crippen LogP contribution in [0.1, 0.15) is 26.9 Å². The van der Waals surface area contributed by atoms with Gasteiger partial charge in [0.1, 0.15) is 17.5 Å². The third-order valence-corrected chi connectivity index (χ3v) is 3.95. The van der Waals surface area contributed by atoms with Crippen LogP contribution in [0.25, 0.3) is 0 Å². The number of nitrogens with two attached hydrogens (primary N) is 1. The van der Waals surface area contributed by atoms with Gasteiger partial charge in [-0.3, -0.25) is 0 Å². The number of benzene rings is 1. The van der Waals surface area contributed by atoms with Crippen molar-refractivity contribution in [3.63, 3.8) is 0 Å². The summed E-state index contributed by atoms with van der Waals surface area (Å²) in [5.41, 5.74) is 6.48. The molecule has 0 saturated carbocycles. The fraction of sp³-hybridized carbons (Fsp3) is 0.231. The molecule has 1 aromatic carbocycles. The second kappa shape index (κ2) is 4.74. The van der Waals surface area contributed by atoms with Crippen molar-refractivity contribution in [2.75, 3.05) is 0 Å². The number of aryl methyl sites for hydroxylation is 2.